The molecular weight excluding hydrogens is 525 g/mol. The van der Waals surface area contributed by atoms with Crippen molar-refractivity contribution in [3.63, 3.8) is 0 Å². The van der Waals surface area contributed by atoms with Gasteiger partial charge in [-0.05, 0) is 41.5 Å². The molecule has 0 radical (unpaired) electrons. The van der Waals surface area contributed by atoms with Gasteiger partial charge in [0, 0.05) is 12.1 Å². The Morgan fingerprint density at radius 1 is 1.03 bits per heavy atom. The lowest BCUT2D eigenvalue weighted by molar-refractivity contribution is -0.384. The minimum atomic E-state index is -0.930. The van der Waals surface area contributed by atoms with Gasteiger partial charge in [0.05, 0.1) is 27.8 Å². The number of amides is 4. The normalized spacial score (nSPS) is 14.5. The number of imide groups is 2. The van der Waals surface area contributed by atoms with Crippen LogP contribution in [0.5, 0.6) is 11.5 Å². The van der Waals surface area contributed by atoms with E-state index in [4.69, 9.17) is 32.7 Å². The number of para-hydroxylation sites is 1. The Kier molecular flexibility index (Phi) is 7.42. The third-order valence-corrected chi connectivity index (χ3v) is 5.86. The van der Waals surface area contributed by atoms with Crippen LogP contribution in [0.25, 0.3) is 6.08 Å². The highest BCUT2D eigenvalue weighted by Crippen LogP contribution is 2.38. The predicted molar refractivity (Wildman–Crippen MR) is 136 cm³/mol. The maximum Gasteiger partial charge on any atom is 0.335 e. The van der Waals surface area contributed by atoms with Gasteiger partial charge in [-0.15, -0.1) is 0 Å². The fourth-order valence-electron chi connectivity index (χ4n) is 3.55. The Morgan fingerprint density at radius 3 is 2.49 bits per heavy atom. The van der Waals surface area contributed by atoms with Crippen molar-refractivity contribution in [2.24, 2.45) is 0 Å². The molecule has 10 nitrogen and oxygen atoms in total. The number of hydrogen-bond donors (Lipinski definition) is 1. The Hall–Kier alpha value is -4.41. The van der Waals surface area contributed by atoms with Gasteiger partial charge in [-0.1, -0.05) is 47.5 Å². The molecule has 1 aliphatic heterocycles. The van der Waals surface area contributed by atoms with Crippen LogP contribution in [0.2, 0.25) is 10.0 Å². The zero-order valence-electron chi connectivity index (χ0n) is 19.1. The summed E-state index contributed by atoms with van der Waals surface area (Å²) in [6, 6.07) is 14.1. The van der Waals surface area contributed by atoms with Gasteiger partial charge < -0.3 is 9.47 Å². The lowest BCUT2D eigenvalue weighted by Crippen LogP contribution is -2.54. The SMILES string of the molecule is COc1cc(/C=C2\C(=O)NC(=O)N(c3ccccc3Cl)C2=O)cc(Cl)c1OCc1cccc([N+](=O)[O-])c1. The van der Waals surface area contributed by atoms with Crippen LogP contribution in [0, 0.1) is 10.1 Å². The highest BCUT2D eigenvalue weighted by atomic mass is 35.5. The van der Waals surface area contributed by atoms with Crippen molar-refractivity contribution in [3.05, 3.63) is 97.5 Å². The number of nitro groups is 1. The lowest BCUT2D eigenvalue weighted by atomic mass is 10.1. The molecule has 12 heteroatoms. The Balaban J connectivity index is 1.64. The molecule has 0 spiro atoms. The molecular formula is C25H17Cl2N3O7. The molecule has 37 heavy (non-hydrogen) atoms. The van der Waals surface area contributed by atoms with Gasteiger partial charge in [0.15, 0.2) is 11.5 Å². The van der Waals surface area contributed by atoms with E-state index in [-0.39, 0.29) is 45.1 Å². The van der Waals surface area contributed by atoms with Crippen LogP contribution in [-0.4, -0.2) is 29.9 Å². The van der Waals surface area contributed by atoms with E-state index < -0.39 is 22.8 Å². The zero-order chi connectivity index (χ0) is 26.7. The van der Waals surface area contributed by atoms with Gasteiger partial charge in [0.25, 0.3) is 17.5 Å². The number of barbiturate groups is 1. The molecule has 4 rings (SSSR count). The summed E-state index contributed by atoms with van der Waals surface area (Å²) in [6.07, 6.45) is 1.26. The second kappa shape index (κ2) is 10.7. The lowest BCUT2D eigenvalue weighted by Gasteiger charge is -2.27. The summed E-state index contributed by atoms with van der Waals surface area (Å²) >= 11 is 12.6. The quantitative estimate of drug-likeness (QED) is 0.189. The standard InChI is InChI=1S/C25H17Cl2N3O7/c1-36-21-12-15(11-19(27)22(21)37-13-14-5-4-6-16(9-14)30(34)35)10-17-23(31)28-25(33)29(24(17)32)20-8-3-2-7-18(20)26/h2-12H,13H2,1H3,(H,28,31,33)/b17-10+. The van der Waals surface area contributed by atoms with E-state index >= 15 is 0 Å². The van der Waals surface area contributed by atoms with Gasteiger partial charge in [-0.2, -0.15) is 0 Å². The second-order valence-electron chi connectivity index (χ2n) is 7.66. The average Bonchev–Trinajstić information content (AvgIpc) is 2.86. The van der Waals surface area contributed by atoms with E-state index in [1.165, 1.54) is 55.7 Å². The molecule has 1 aliphatic rings. The fraction of sp³-hybridized carbons (Fsp3) is 0.0800. The van der Waals surface area contributed by atoms with Crippen molar-refractivity contribution in [2.75, 3.05) is 12.0 Å². The first kappa shape index (κ1) is 25.7. The maximum absolute atomic E-state index is 13.1. The van der Waals surface area contributed by atoms with Gasteiger partial charge in [0.1, 0.15) is 12.2 Å². The number of rotatable bonds is 7. The number of methoxy groups -OCH3 is 1. The zero-order valence-corrected chi connectivity index (χ0v) is 20.6. The third-order valence-electron chi connectivity index (χ3n) is 5.26. The van der Waals surface area contributed by atoms with Crippen molar-refractivity contribution in [2.45, 2.75) is 6.61 Å². The largest absolute Gasteiger partial charge is 0.493 e. The molecule has 0 atom stereocenters. The Bertz CT molecular complexity index is 1470. The van der Waals surface area contributed by atoms with E-state index in [0.717, 1.165) is 4.90 Å². The van der Waals surface area contributed by atoms with Crippen LogP contribution in [0.15, 0.2) is 66.2 Å². The number of non-ortho nitro benzene ring substituents is 1. The monoisotopic (exact) mass is 541 g/mol. The van der Waals surface area contributed by atoms with Gasteiger partial charge >= 0.3 is 6.03 Å². The summed E-state index contributed by atoms with van der Waals surface area (Å²) < 4.78 is 11.1. The minimum Gasteiger partial charge on any atom is -0.493 e. The smallest absolute Gasteiger partial charge is 0.335 e. The molecule has 0 aromatic heterocycles. The van der Waals surface area contributed by atoms with E-state index in [0.29, 0.717) is 11.1 Å². The molecule has 1 saturated heterocycles. The Morgan fingerprint density at radius 2 is 1.78 bits per heavy atom. The number of ether oxygens (including phenoxy) is 2. The summed E-state index contributed by atoms with van der Waals surface area (Å²) in [6.45, 7) is -0.0337. The number of halogens is 2. The first-order chi connectivity index (χ1) is 17.7. The van der Waals surface area contributed by atoms with E-state index in [1.54, 1.807) is 18.2 Å². The topological polar surface area (TPSA) is 128 Å². The summed E-state index contributed by atoms with van der Waals surface area (Å²) in [4.78, 5) is 49.3. The molecule has 3 aromatic rings. The van der Waals surface area contributed by atoms with Crippen LogP contribution in [0.1, 0.15) is 11.1 Å². The third kappa shape index (κ3) is 5.40. The molecule has 4 amide bonds. The molecule has 3 aromatic carbocycles. The fourth-order valence-corrected chi connectivity index (χ4v) is 4.05. The van der Waals surface area contributed by atoms with Crippen LogP contribution in [0.4, 0.5) is 16.2 Å². The summed E-state index contributed by atoms with van der Waals surface area (Å²) in [7, 11) is 1.37. The van der Waals surface area contributed by atoms with Crippen molar-refractivity contribution in [3.8, 4) is 11.5 Å². The van der Waals surface area contributed by atoms with Crippen molar-refractivity contribution in [1.29, 1.82) is 0 Å². The predicted octanol–water partition coefficient (Wildman–Crippen LogP) is 5.16. The number of hydrogen-bond acceptors (Lipinski definition) is 7. The van der Waals surface area contributed by atoms with Crippen LogP contribution in [0.3, 0.4) is 0 Å². The van der Waals surface area contributed by atoms with E-state index in [9.17, 15) is 24.5 Å². The molecule has 0 aliphatic carbocycles. The Labute approximate surface area is 220 Å². The number of nitrogens with zero attached hydrogens (tertiary/aromatic N) is 2. The first-order valence-electron chi connectivity index (χ1n) is 10.6. The average molecular weight is 542 g/mol. The maximum atomic E-state index is 13.1. The minimum absolute atomic E-state index is 0.0337. The molecule has 0 saturated carbocycles. The first-order valence-corrected chi connectivity index (χ1v) is 11.3. The number of benzene rings is 3. The highest BCUT2D eigenvalue weighted by Gasteiger charge is 2.37. The molecule has 1 fully saturated rings. The second-order valence-corrected chi connectivity index (χ2v) is 8.47. The number of nitrogens with one attached hydrogen (secondary N) is 1. The van der Waals surface area contributed by atoms with Crippen LogP contribution >= 0.6 is 23.2 Å². The number of carbonyl (C=O) groups is 3. The summed E-state index contributed by atoms with van der Waals surface area (Å²) in [5.41, 5.74) is 0.554. The molecule has 1 N–H and O–H groups in total. The molecule has 1 heterocycles. The number of carbonyl (C=O) groups excluding carboxylic acids is 3. The summed E-state index contributed by atoms with van der Waals surface area (Å²) in [5, 5.41) is 13.4. The van der Waals surface area contributed by atoms with Gasteiger partial charge in [0.2, 0.25) is 0 Å². The van der Waals surface area contributed by atoms with E-state index in [1.807, 2.05) is 0 Å². The number of urea groups is 1. The van der Waals surface area contributed by atoms with Crippen LogP contribution in [-0.2, 0) is 16.2 Å². The highest BCUT2D eigenvalue weighted by molar-refractivity contribution is 6.42. The molecule has 0 unspecified atom stereocenters. The molecule has 0 bridgehead atoms. The van der Waals surface area contributed by atoms with E-state index in [2.05, 4.69) is 5.32 Å². The van der Waals surface area contributed by atoms with Crippen molar-refractivity contribution in [1.82, 2.24) is 5.32 Å². The van der Waals surface area contributed by atoms with Crippen molar-refractivity contribution >= 4 is 58.5 Å². The summed E-state index contributed by atoms with van der Waals surface area (Å²) in [5.74, 6) is -1.42. The van der Waals surface area contributed by atoms with Gasteiger partial charge in [-0.25, -0.2) is 9.69 Å². The number of nitro benzene ring substituents is 1. The van der Waals surface area contributed by atoms with Gasteiger partial charge in [-0.3, -0.25) is 25.0 Å². The molecule has 188 valence electrons. The van der Waals surface area contributed by atoms with Crippen molar-refractivity contribution < 1.29 is 28.8 Å². The number of anilines is 1. The van der Waals surface area contributed by atoms with Crippen LogP contribution < -0.4 is 19.7 Å².